The van der Waals surface area contributed by atoms with Crippen LogP contribution in [-0.2, 0) is 13.0 Å². The zero-order valence-electron chi connectivity index (χ0n) is 10.3. The number of nitrogen functional groups attached to an aromatic ring is 1. The number of nitrogens with two attached hydrogens (primary N) is 1. The molecule has 0 radical (unpaired) electrons. The highest BCUT2D eigenvalue weighted by atomic mass is 19.1. The molecule has 0 saturated heterocycles. The van der Waals surface area contributed by atoms with Crippen LogP contribution < -0.4 is 5.73 Å². The first-order valence-corrected chi connectivity index (χ1v) is 5.77. The Balaban J connectivity index is 1.83. The molecule has 2 aromatic rings. The summed E-state index contributed by atoms with van der Waals surface area (Å²) < 4.78 is 18.0. The minimum Gasteiger partial charge on any atom is -0.381 e. The predicted octanol–water partition coefficient (Wildman–Crippen LogP) is 2.07. The summed E-state index contributed by atoms with van der Waals surface area (Å²) in [5.74, 6) is 0.927. The largest absolute Gasteiger partial charge is 0.381 e. The molecule has 0 unspecified atom stereocenters. The van der Waals surface area contributed by atoms with Crippen molar-refractivity contribution in [3.8, 4) is 0 Å². The van der Waals surface area contributed by atoms with Crippen LogP contribution in [-0.4, -0.2) is 23.6 Å². The van der Waals surface area contributed by atoms with Gasteiger partial charge in [-0.15, -0.1) is 0 Å². The Bertz CT molecular complexity index is 512. The van der Waals surface area contributed by atoms with E-state index in [0.717, 1.165) is 24.3 Å². The van der Waals surface area contributed by atoms with E-state index in [1.54, 1.807) is 18.2 Å². The Hall–Kier alpha value is -1.88. The average Bonchev–Trinajstić information content (AvgIpc) is 2.72. The molecule has 0 bridgehead atoms. The third kappa shape index (κ3) is 3.56. The second-order valence-electron chi connectivity index (χ2n) is 4.34. The van der Waals surface area contributed by atoms with Crippen LogP contribution in [0.5, 0.6) is 0 Å². The van der Waals surface area contributed by atoms with E-state index in [4.69, 9.17) is 10.3 Å². The standard InChI is InChI=1S/C13H16FN3O/c1-17(9-12-8-13(15)16-18-12)6-5-10-3-2-4-11(14)7-10/h2-4,7-8H,5-6,9H2,1H3,(H2,15,16). The fraction of sp³-hybridized carbons (Fsp3) is 0.308. The van der Waals surface area contributed by atoms with Gasteiger partial charge in [-0.25, -0.2) is 4.39 Å². The van der Waals surface area contributed by atoms with Gasteiger partial charge in [-0.05, 0) is 31.2 Å². The maximum absolute atomic E-state index is 13.0. The fourth-order valence-electron chi connectivity index (χ4n) is 1.76. The zero-order chi connectivity index (χ0) is 13.0. The number of aromatic nitrogens is 1. The number of hydrogen-bond donors (Lipinski definition) is 1. The number of anilines is 1. The summed E-state index contributed by atoms with van der Waals surface area (Å²) in [6, 6.07) is 8.36. The maximum Gasteiger partial charge on any atom is 0.167 e. The maximum atomic E-state index is 13.0. The highest BCUT2D eigenvalue weighted by molar-refractivity contribution is 5.26. The molecule has 0 spiro atoms. The van der Waals surface area contributed by atoms with E-state index in [9.17, 15) is 4.39 Å². The first-order valence-electron chi connectivity index (χ1n) is 5.77. The Labute approximate surface area is 105 Å². The van der Waals surface area contributed by atoms with Crippen molar-refractivity contribution in [3.63, 3.8) is 0 Å². The number of hydrogen-bond acceptors (Lipinski definition) is 4. The van der Waals surface area contributed by atoms with Crippen LogP contribution in [0.1, 0.15) is 11.3 Å². The Kier molecular flexibility index (Phi) is 3.94. The number of nitrogens with zero attached hydrogens (tertiary/aromatic N) is 2. The van der Waals surface area contributed by atoms with Gasteiger partial charge in [0.2, 0.25) is 0 Å². The molecule has 0 saturated carbocycles. The summed E-state index contributed by atoms with van der Waals surface area (Å²) in [7, 11) is 1.97. The number of benzene rings is 1. The SMILES string of the molecule is CN(CCc1cccc(F)c1)Cc1cc(N)no1. The van der Waals surface area contributed by atoms with E-state index in [2.05, 4.69) is 10.1 Å². The number of likely N-dealkylation sites (N-methyl/N-ethyl adjacent to an activating group) is 1. The van der Waals surface area contributed by atoms with Crippen LogP contribution in [0.4, 0.5) is 10.2 Å². The Morgan fingerprint density at radius 1 is 1.39 bits per heavy atom. The summed E-state index contributed by atoms with van der Waals surface area (Å²) in [6.07, 6.45) is 0.790. The molecule has 5 heteroatoms. The van der Waals surface area contributed by atoms with Gasteiger partial charge >= 0.3 is 0 Å². The minimum absolute atomic E-state index is 0.196. The van der Waals surface area contributed by atoms with Crippen molar-refractivity contribution in [2.24, 2.45) is 0 Å². The van der Waals surface area contributed by atoms with Gasteiger partial charge in [0.15, 0.2) is 11.6 Å². The van der Waals surface area contributed by atoms with Crippen molar-refractivity contribution in [1.29, 1.82) is 0 Å². The molecule has 0 fully saturated rings. The van der Waals surface area contributed by atoms with Crippen LogP contribution in [0, 0.1) is 5.82 Å². The molecule has 1 aromatic heterocycles. The minimum atomic E-state index is -0.196. The van der Waals surface area contributed by atoms with Crippen molar-refractivity contribution < 1.29 is 8.91 Å². The van der Waals surface area contributed by atoms with Crippen LogP contribution in [0.2, 0.25) is 0 Å². The smallest absolute Gasteiger partial charge is 0.167 e. The summed E-state index contributed by atoms with van der Waals surface area (Å²) in [6.45, 7) is 1.45. The summed E-state index contributed by atoms with van der Waals surface area (Å²) in [5.41, 5.74) is 6.46. The third-order valence-corrected chi connectivity index (χ3v) is 2.67. The molecule has 0 aliphatic rings. The van der Waals surface area contributed by atoms with Gasteiger partial charge in [0.1, 0.15) is 5.82 Å². The second kappa shape index (κ2) is 5.64. The predicted molar refractivity (Wildman–Crippen MR) is 67.4 cm³/mol. The average molecular weight is 249 g/mol. The van der Waals surface area contributed by atoms with Crippen LogP contribution in [0.15, 0.2) is 34.9 Å². The molecule has 4 nitrogen and oxygen atoms in total. The van der Waals surface area contributed by atoms with Crippen molar-refractivity contribution >= 4 is 5.82 Å². The van der Waals surface area contributed by atoms with Gasteiger partial charge in [-0.2, -0.15) is 0 Å². The highest BCUT2D eigenvalue weighted by Crippen LogP contribution is 2.09. The molecule has 2 N–H and O–H groups in total. The van der Waals surface area contributed by atoms with Crippen LogP contribution >= 0.6 is 0 Å². The summed E-state index contributed by atoms with van der Waals surface area (Å²) in [5, 5.41) is 3.63. The highest BCUT2D eigenvalue weighted by Gasteiger charge is 2.06. The molecule has 0 aliphatic heterocycles. The van der Waals surface area contributed by atoms with Crippen molar-refractivity contribution in [3.05, 3.63) is 47.5 Å². The van der Waals surface area contributed by atoms with Crippen LogP contribution in [0.25, 0.3) is 0 Å². The molecule has 0 amide bonds. The van der Waals surface area contributed by atoms with Gasteiger partial charge in [-0.1, -0.05) is 17.3 Å². The molecule has 18 heavy (non-hydrogen) atoms. The van der Waals surface area contributed by atoms with E-state index < -0.39 is 0 Å². The molecule has 0 aliphatic carbocycles. The van der Waals surface area contributed by atoms with Crippen molar-refractivity contribution in [1.82, 2.24) is 10.1 Å². The van der Waals surface area contributed by atoms with Gasteiger partial charge in [-0.3, -0.25) is 4.90 Å². The molecule has 1 aromatic carbocycles. The van der Waals surface area contributed by atoms with Crippen molar-refractivity contribution in [2.45, 2.75) is 13.0 Å². The van der Waals surface area contributed by atoms with E-state index in [1.807, 2.05) is 13.1 Å². The second-order valence-corrected chi connectivity index (χ2v) is 4.34. The molecule has 1 heterocycles. The van der Waals surface area contributed by atoms with Gasteiger partial charge in [0.25, 0.3) is 0 Å². The Morgan fingerprint density at radius 3 is 2.89 bits per heavy atom. The molecular weight excluding hydrogens is 233 g/mol. The van der Waals surface area contributed by atoms with Gasteiger partial charge < -0.3 is 10.3 Å². The van der Waals surface area contributed by atoms with Gasteiger partial charge in [0.05, 0.1) is 6.54 Å². The third-order valence-electron chi connectivity index (χ3n) is 2.67. The number of rotatable bonds is 5. The first kappa shape index (κ1) is 12.6. The zero-order valence-corrected chi connectivity index (χ0v) is 10.3. The van der Waals surface area contributed by atoms with Crippen molar-refractivity contribution in [2.75, 3.05) is 19.3 Å². The monoisotopic (exact) mass is 249 g/mol. The molecule has 96 valence electrons. The van der Waals surface area contributed by atoms with E-state index in [-0.39, 0.29) is 5.82 Å². The van der Waals surface area contributed by atoms with Gasteiger partial charge in [0, 0.05) is 12.6 Å². The summed E-state index contributed by atoms with van der Waals surface area (Å²) >= 11 is 0. The van der Waals surface area contributed by atoms with E-state index >= 15 is 0 Å². The lowest BCUT2D eigenvalue weighted by Crippen LogP contribution is -2.20. The topological polar surface area (TPSA) is 55.3 Å². The molecular formula is C13H16FN3O. The first-order chi connectivity index (χ1) is 8.63. The lowest BCUT2D eigenvalue weighted by Gasteiger charge is -2.14. The fourth-order valence-corrected chi connectivity index (χ4v) is 1.76. The molecule has 2 rings (SSSR count). The number of halogens is 1. The summed E-state index contributed by atoms with van der Waals surface area (Å²) in [4.78, 5) is 2.07. The van der Waals surface area contributed by atoms with E-state index in [0.29, 0.717) is 12.4 Å². The lowest BCUT2D eigenvalue weighted by molar-refractivity contribution is 0.275. The molecule has 0 atom stereocenters. The Morgan fingerprint density at radius 2 is 2.22 bits per heavy atom. The lowest BCUT2D eigenvalue weighted by atomic mass is 10.1. The quantitative estimate of drug-likeness (QED) is 0.881. The van der Waals surface area contributed by atoms with E-state index in [1.165, 1.54) is 6.07 Å². The van der Waals surface area contributed by atoms with Crippen LogP contribution in [0.3, 0.4) is 0 Å². The normalized spacial score (nSPS) is 11.1.